The third-order valence-corrected chi connectivity index (χ3v) is 3.34. The van der Waals surface area contributed by atoms with E-state index in [1.807, 2.05) is 6.92 Å². The molecule has 0 aromatic rings. The molecule has 1 saturated heterocycles. The minimum Gasteiger partial charge on any atom is -0.300 e. The van der Waals surface area contributed by atoms with E-state index >= 15 is 0 Å². The Kier molecular flexibility index (Phi) is 4.54. The molecule has 0 aliphatic carbocycles. The third kappa shape index (κ3) is 3.47. The average molecular weight is 213 g/mol. The van der Waals surface area contributed by atoms with Crippen molar-refractivity contribution in [3.8, 4) is 0 Å². The molecule has 4 heteroatoms. The Morgan fingerprint density at radius 3 is 2.80 bits per heavy atom. The second kappa shape index (κ2) is 5.47. The summed E-state index contributed by atoms with van der Waals surface area (Å²) in [6.07, 6.45) is 2.53. The van der Waals surface area contributed by atoms with Crippen molar-refractivity contribution in [3.05, 3.63) is 0 Å². The van der Waals surface area contributed by atoms with E-state index in [9.17, 15) is 4.79 Å². The van der Waals surface area contributed by atoms with Crippen LogP contribution in [0.25, 0.3) is 0 Å². The fourth-order valence-corrected chi connectivity index (χ4v) is 2.21. The van der Waals surface area contributed by atoms with Crippen molar-refractivity contribution < 1.29 is 4.79 Å². The van der Waals surface area contributed by atoms with Gasteiger partial charge in [-0.3, -0.25) is 15.1 Å². The van der Waals surface area contributed by atoms with Crippen molar-refractivity contribution in [2.24, 2.45) is 17.7 Å². The standard InChI is InChI=1S/C11H23N3O/c1-8-4-5-10(3)14(6-8)7-9(2)11(15)13-12/h8-10H,4-7,12H2,1-3H3,(H,13,15). The molecular weight excluding hydrogens is 190 g/mol. The topological polar surface area (TPSA) is 58.4 Å². The summed E-state index contributed by atoms with van der Waals surface area (Å²) in [7, 11) is 0. The number of piperidine rings is 1. The lowest BCUT2D eigenvalue weighted by Crippen LogP contribution is -2.46. The Hall–Kier alpha value is -0.610. The van der Waals surface area contributed by atoms with Gasteiger partial charge in [-0.25, -0.2) is 5.84 Å². The van der Waals surface area contributed by atoms with Gasteiger partial charge in [-0.2, -0.15) is 0 Å². The zero-order valence-electron chi connectivity index (χ0n) is 9.99. The van der Waals surface area contributed by atoms with Gasteiger partial charge in [-0.15, -0.1) is 0 Å². The second-order valence-corrected chi connectivity index (χ2v) is 4.90. The number of carbonyl (C=O) groups excluding carboxylic acids is 1. The van der Waals surface area contributed by atoms with Gasteiger partial charge in [-0.05, 0) is 25.7 Å². The van der Waals surface area contributed by atoms with Crippen molar-refractivity contribution in [2.45, 2.75) is 39.7 Å². The Bertz CT molecular complexity index is 220. The number of nitrogens with one attached hydrogen (secondary N) is 1. The molecule has 0 bridgehead atoms. The van der Waals surface area contributed by atoms with Crippen LogP contribution in [-0.4, -0.2) is 29.9 Å². The highest BCUT2D eigenvalue weighted by atomic mass is 16.2. The molecule has 15 heavy (non-hydrogen) atoms. The number of nitrogens with two attached hydrogens (primary N) is 1. The van der Waals surface area contributed by atoms with Crippen molar-refractivity contribution in [1.82, 2.24) is 10.3 Å². The first-order valence-electron chi connectivity index (χ1n) is 5.79. The minimum absolute atomic E-state index is 0.0252. The van der Waals surface area contributed by atoms with E-state index in [-0.39, 0.29) is 11.8 Å². The van der Waals surface area contributed by atoms with E-state index in [2.05, 4.69) is 24.2 Å². The van der Waals surface area contributed by atoms with Gasteiger partial charge in [0, 0.05) is 25.0 Å². The maximum Gasteiger partial charge on any atom is 0.237 e. The smallest absolute Gasteiger partial charge is 0.237 e. The van der Waals surface area contributed by atoms with Gasteiger partial charge in [-0.1, -0.05) is 13.8 Å². The molecule has 1 aliphatic rings. The fraction of sp³-hybridized carbons (Fsp3) is 0.909. The molecule has 1 aliphatic heterocycles. The Morgan fingerprint density at radius 2 is 2.20 bits per heavy atom. The molecule has 1 heterocycles. The van der Waals surface area contributed by atoms with Crippen LogP contribution >= 0.6 is 0 Å². The lowest BCUT2D eigenvalue weighted by molar-refractivity contribution is -0.125. The van der Waals surface area contributed by atoms with Crippen molar-refractivity contribution in [1.29, 1.82) is 0 Å². The highest BCUT2D eigenvalue weighted by Crippen LogP contribution is 2.22. The first-order valence-corrected chi connectivity index (χ1v) is 5.79. The first-order chi connectivity index (χ1) is 7.04. The van der Waals surface area contributed by atoms with Gasteiger partial charge >= 0.3 is 0 Å². The summed E-state index contributed by atoms with van der Waals surface area (Å²) >= 11 is 0. The van der Waals surface area contributed by atoms with E-state index in [0.717, 1.165) is 19.0 Å². The van der Waals surface area contributed by atoms with Crippen LogP contribution in [0.5, 0.6) is 0 Å². The van der Waals surface area contributed by atoms with E-state index in [4.69, 9.17) is 5.84 Å². The molecule has 0 aromatic heterocycles. The predicted octanol–water partition coefficient (Wildman–Crippen LogP) is 0.733. The van der Waals surface area contributed by atoms with E-state index in [0.29, 0.717) is 6.04 Å². The molecule has 1 rings (SSSR count). The molecule has 1 amide bonds. The lowest BCUT2D eigenvalue weighted by atomic mass is 9.94. The monoisotopic (exact) mass is 213 g/mol. The molecule has 0 saturated carbocycles. The summed E-state index contributed by atoms with van der Waals surface area (Å²) in [4.78, 5) is 13.7. The maximum absolute atomic E-state index is 11.3. The fourth-order valence-electron chi connectivity index (χ4n) is 2.21. The van der Waals surface area contributed by atoms with Crippen LogP contribution in [0, 0.1) is 11.8 Å². The van der Waals surface area contributed by atoms with Crippen LogP contribution in [0.1, 0.15) is 33.6 Å². The summed E-state index contributed by atoms with van der Waals surface area (Å²) in [6.45, 7) is 8.34. The normalized spacial score (nSPS) is 29.9. The van der Waals surface area contributed by atoms with Crippen LogP contribution in [0.3, 0.4) is 0 Å². The van der Waals surface area contributed by atoms with Crippen molar-refractivity contribution in [2.75, 3.05) is 13.1 Å². The SMILES string of the molecule is CC1CCC(C)N(CC(C)C(=O)NN)C1. The third-order valence-electron chi connectivity index (χ3n) is 3.34. The molecule has 1 fully saturated rings. The molecule has 0 aromatic carbocycles. The number of hydrogen-bond acceptors (Lipinski definition) is 3. The number of nitrogens with zero attached hydrogens (tertiary/aromatic N) is 1. The molecule has 88 valence electrons. The number of hydrogen-bond donors (Lipinski definition) is 2. The van der Waals surface area contributed by atoms with Crippen LogP contribution in [0.4, 0.5) is 0 Å². The summed E-state index contributed by atoms with van der Waals surface area (Å²) in [5.74, 6) is 5.77. The Morgan fingerprint density at radius 1 is 1.53 bits per heavy atom. The summed E-state index contributed by atoms with van der Waals surface area (Å²) in [5.41, 5.74) is 2.21. The van der Waals surface area contributed by atoms with Crippen molar-refractivity contribution >= 4 is 5.91 Å². The Labute approximate surface area is 92.2 Å². The summed E-state index contributed by atoms with van der Waals surface area (Å²) in [6, 6.07) is 0.592. The number of carbonyl (C=O) groups is 1. The average Bonchev–Trinajstić information content (AvgIpc) is 2.22. The summed E-state index contributed by atoms with van der Waals surface area (Å²) in [5, 5.41) is 0. The highest BCUT2D eigenvalue weighted by molar-refractivity contribution is 5.77. The van der Waals surface area contributed by atoms with Gasteiger partial charge in [0.15, 0.2) is 0 Å². The zero-order chi connectivity index (χ0) is 11.4. The highest BCUT2D eigenvalue weighted by Gasteiger charge is 2.25. The van der Waals surface area contributed by atoms with Crippen LogP contribution in [0.15, 0.2) is 0 Å². The zero-order valence-corrected chi connectivity index (χ0v) is 9.99. The van der Waals surface area contributed by atoms with Crippen molar-refractivity contribution in [3.63, 3.8) is 0 Å². The van der Waals surface area contributed by atoms with Gasteiger partial charge in [0.1, 0.15) is 0 Å². The Balaban J connectivity index is 2.45. The molecule has 3 atom stereocenters. The van der Waals surface area contributed by atoms with Gasteiger partial charge in [0.05, 0.1) is 0 Å². The van der Waals surface area contributed by atoms with Crippen LogP contribution in [0.2, 0.25) is 0 Å². The maximum atomic E-state index is 11.3. The molecular formula is C11H23N3O. The van der Waals surface area contributed by atoms with E-state index in [1.165, 1.54) is 12.8 Å². The largest absolute Gasteiger partial charge is 0.300 e. The molecule has 4 nitrogen and oxygen atoms in total. The van der Waals surface area contributed by atoms with Crippen LogP contribution in [-0.2, 0) is 4.79 Å². The first kappa shape index (κ1) is 12.5. The lowest BCUT2D eigenvalue weighted by Gasteiger charge is -2.37. The molecule has 0 spiro atoms. The molecule has 3 unspecified atom stereocenters. The number of rotatable bonds is 3. The quantitative estimate of drug-likeness (QED) is 0.413. The van der Waals surface area contributed by atoms with Gasteiger partial charge in [0.25, 0.3) is 0 Å². The van der Waals surface area contributed by atoms with Crippen LogP contribution < -0.4 is 11.3 Å². The predicted molar refractivity (Wildman–Crippen MR) is 60.9 cm³/mol. The minimum atomic E-state index is -0.0690. The van der Waals surface area contributed by atoms with Gasteiger partial charge < -0.3 is 0 Å². The number of likely N-dealkylation sites (tertiary alicyclic amines) is 1. The number of amides is 1. The van der Waals surface area contributed by atoms with E-state index < -0.39 is 0 Å². The molecule has 3 N–H and O–H groups in total. The van der Waals surface area contributed by atoms with Gasteiger partial charge in [0.2, 0.25) is 5.91 Å². The number of hydrazine groups is 1. The summed E-state index contributed by atoms with van der Waals surface area (Å²) < 4.78 is 0. The van der Waals surface area contributed by atoms with E-state index in [1.54, 1.807) is 0 Å². The molecule has 0 radical (unpaired) electrons. The second-order valence-electron chi connectivity index (χ2n) is 4.90.